The summed E-state index contributed by atoms with van der Waals surface area (Å²) in [5.74, 6) is 0. The van der Waals surface area contributed by atoms with Crippen LogP contribution in [0.15, 0.2) is 35.0 Å². The summed E-state index contributed by atoms with van der Waals surface area (Å²) in [6, 6.07) is 10.1. The molecule has 0 fully saturated rings. The fraction of sp³-hybridized carbons (Fsp3) is 0.571. The smallest absolute Gasteiger partial charge is 0.0442 e. The van der Waals surface area contributed by atoms with E-state index in [0.29, 0.717) is 0 Å². The Morgan fingerprint density at radius 2 is 0.804 bits per heavy atom. The monoisotopic (exact) mass is 690 g/mol. The third kappa shape index (κ3) is 8.95. The predicted octanol–water partition coefficient (Wildman–Crippen LogP) is 16.1. The highest BCUT2D eigenvalue weighted by atomic mass is 32.1. The van der Waals surface area contributed by atoms with Crippen LogP contribution >= 0.6 is 45.3 Å². The molecule has 0 saturated carbocycles. The van der Waals surface area contributed by atoms with E-state index in [4.69, 9.17) is 0 Å². The summed E-state index contributed by atoms with van der Waals surface area (Å²) in [5, 5.41) is 7.68. The first kappa shape index (κ1) is 35.8. The SMILES string of the molecule is CCCCCCc1cc(-c2c3ccsc3c(-c3cc(CCCCCC)c(CCCCCC)s3)c3ccsc23)sc1CCCCCC. The van der Waals surface area contributed by atoms with E-state index in [9.17, 15) is 0 Å². The molecule has 0 radical (unpaired) electrons. The van der Waals surface area contributed by atoms with Gasteiger partial charge in [-0.15, -0.1) is 45.3 Å². The molecule has 0 aliphatic heterocycles. The van der Waals surface area contributed by atoms with Gasteiger partial charge in [0.15, 0.2) is 0 Å². The quantitative estimate of drug-likeness (QED) is 0.0634. The minimum atomic E-state index is 1.25. The van der Waals surface area contributed by atoms with Gasteiger partial charge in [-0.3, -0.25) is 0 Å². The molecule has 5 aromatic rings. The van der Waals surface area contributed by atoms with Gasteiger partial charge in [0.1, 0.15) is 0 Å². The van der Waals surface area contributed by atoms with Crippen molar-refractivity contribution in [1.82, 2.24) is 0 Å². The van der Waals surface area contributed by atoms with E-state index >= 15 is 0 Å². The zero-order valence-corrected chi connectivity index (χ0v) is 32.5. The summed E-state index contributed by atoms with van der Waals surface area (Å²) >= 11 is 8.17. The standard InChI is InChI=1S/C42H58S4/c1-5-9-13-17-21-31-29-37(45-35(31)23-19-15-11-7-3)39-33-25-27-44-42(33)40(34-26-28-43-41(34)39)38-30-32(22-18-14-10-6-2)36(46-38)24-20-16-12-8-4/h25-30H,5-24H2,1-4H3. The van der Waals surface area contributed by atoms with E-state index < -0.39 is 0 Å². The van der Waals surface area contributed by atoms with Crippen LogP contribution in [0, 0.1) is 0 Å². The topological polar surface area (TPSA) is 0 Å². The van der Waals surface area contributed by atoms with Crippen LogP contribution in [0.3, 0.4) is 0 Å². The molecule has 0 unspecified atom stereocenters. The minimum Gasteiger partial charge on any atom is -0.143 e. The third-order valence-corrected chi connectivity index (χ3v) is 14.1. The number of rotatable bonds is 22. The lowest BCUT2D eigenvalue weighted by molar-refractivity contribution is 0.654. The Labute approximate surface area is 296 Å². The fourth-order valence-corrected chi connectivity index (χ4v) is 11.8. The molecule has 0 atom stereocenters. The maximum atomic E-state index is 2.62. The highest BCUT2D eigenvalue weighted by molar-refractivity contribution is 7.22. The fourth-order valence-electron chi connectivity index (χ4n) is 7.07. The molecule has 0 spiro atoms. The first-order valence-electron chi connectivity index (χ1n) is 18.8. The molecule has 0 aliphatic carbocycles. The lowest BCUT2D eigenvalue weighted by Crippen LogP contribution is -1.90. The van der Waals surface area contributed by atoms with Crippen LogP contribution < -0.4 is 0 Å². The Balaban J connectivity index is 1.54. The number of benzene rings is 1. The van der Waals surface area contributed by atoms with Crippen molar-refractivity contribution in [3.8, 4) is 20.9 Å². The molecule has 4 heterocycles. The van der Waals surface area contributed by atoms with E-state index in [1.807, 2.05) is 22.7 Å². The summed E-state index contributed by atoms with van der Waals surface area (Å²) in [7, 11) is 0. The number of aryl methyl sites for hydroxylation is 4. The Kier molecular flexibility index (Phi) is 14.7. The number of fused-ring (bicyclic) bond motifs is 2. The maximum Gasteiger partial charge on any atom is 0.0442 e. The van der Waals surface area contributed by atoms with E-state index in [1.54, 1.807) is 20.9 Å². The van der Waals surface area contributed by atoms with Gasteiger partial charge in [-0.25, -0.2) is 0 Å². The first-order chi connectivity index (χ1) is 22.7. The van der Waals surface area contributed by atoms with Crippen LogP contribution in [0.5, 0.6) is 0 Å². The van der Waals surface area contributed by atoms with Gasteiger partial charge >= 0.3 is 0 Å². The zero-order chi connectivity index (χ0) is 32.1. The van der Waals surface area contributed by atoms with Crippen molar-refractivity contribution in [3.05, 3.63) is 55.9 Å². The number of hydrogen-bond acceptors (Lipinski definition) is 4. The van der Waals surface area contributed by atoms with Gasteiger partial charge in [0.25, 0.3) is 0 Å². The molecule has 5 rings (SSSR count). The van der Waals surface area contributed by atoms with Crippen molar-refractivity contribution >= 4 is 65.5 Å². The molecular formula is C42H58S4. The van der Waals surface area contributed by atoms with Crippen molar-refractivity contribution in [2.75, 3.05) is 0 Å². The van der Waals surface area contributed by atoms with Gasteiger partial charge in [-0.1, -0.05) is 105 Å². The summed E-state index contributed by atoms with van der Waals surface area (Å²) < 4.78 is 3.00. The van der Waals surface area contributed by atoms with E-state index in [0.717, 1.165) is 0 Å². The first-order valence-corrected chi connectivity index (χ1v) is 22.2. The van der Waals surface area contributed by atoms with Crippen LogP contribution in [-0.2, 0) is 25.7 Å². The molecule has 250 valence electrons. The molecular weight excluding hydrogens is 633 g/mol. The molecule has 0 nitrogen and oxygen atoms in total. The normalized spacial score (nSPS) is 11.9. The van der Waals surface area contributed by atoms with Crippen molar-refractivity contribution in [3.63, 3.8) is 0 Å². The summed E-state index contributed by atoms with van der Waals surface area (Å²) in [4.78, 5) is 6.35. The van der Waals surface area contributed by atoms with Gasteiger partial charge in [0, 0.05) is 50.8 Å². The van der Waals surface area contributed by atoms with Crippen molar-refractivity contribution in [1.29, 1.82) is 0 Å². The van der Waals surface area contributed by atoms with Gasteiger partial charge in [-0.05, 0) is 97.5 Å². The van der Waals surface area contributed by atoms with E-state index in [-0.39, 0.29) is 0 Å². The lowest BCUT2D eigenvalue weighted by atomic mass is 9.98. The van der Waals surface area contributed by atoms with Crippen LogP contribution in [0.4, 0.5) is 0 Å². The van der Waals surface area contributed by atoms with Crippen LogP contribution in [-0.4, -0.2) is 0 Å². The van der Waals surface area contributed by atoms with Crippen molar-refractivity contribution < 1.29 is 0 Å². The number of thiophene rings is 4. The molecule has 0 bridgehead atoms. The Hall–Kier alpha value is -1.46. The van der Waals surface area contributed by atoms with Crippen LogP contribution in [0.25, 0.3) is 41.1 Å². The second kappa shape index (κ2) is 18.9. The highest BCUT2D eigenvalue weighted by Crippen LogP contribution is 2.51. The van der Waals surface area contributed by atoms with Gasteiger partial charge in [-0.2, -0.15) is 0 Å². The Bertz CT molecular complexity index is 1380. The summed E-state index contributed by atoms with van der Waals surface area (Å²) in [6.07, 6.45) is 26.4. The molecule has 4 heteroatoms. The maximum absolute atomic E-state index is 2.62. The van der Waals surface area contributed by atoms with E-state index in [2.05, 4.69) is 85.4 Å². The molecule has 0 aliphatic rings. The molecule has 0 amide bonds. The van der Waals surface area contributed by atoms with E-state index in [1.165, 1.54) is 169 Å². The van der Waals surface area contributed by atoms with Crippen LogP contribution in [0.2, 0.25) is 0 Å². The summed E-state index contributed by atoms with van der Waals surface area (Å²) in [5.41, 5.74) is 6.31. The number of hydrogen-bond donors (Lipinski definition) is 0. The van der Waals surface area contributed by atoms with Crippen LogP contribution in [0.1, 0.15) is 151 Å². The van der Waals surface area contributed by atoms with Gasteiger partial charge in [0.2, 0.25) is 0 Å². The molecule has 4 aromatic heterocycles. The average molecular weight is 691 g/mol. The molecule has 1 aromatic carbocycles. The predicted molar refractivity (Wildman–Crippen MR) is 215 cm³/mol. The third-order valence-electron chi connectivity index (χ3n) is 9.72. The summed E-state index contributed by atoms with van der Waals surface area (Å²) in [6.45, 7) is 9.29. The molecule has 0 N–H and O–H groups in total. The van der Waals surface area contributed by atoms with Gasteiger partial charge in [0.05, 0.1) is 0 Å². The number of unbranched alkanes of at least 4 members (excludes halogenated alkanes) is 12. The second-order valence-electron chi connectivity index (χ2n) is 13.4. The Morgan fingerprint density at radius 1 is 0.435 bits per heavy atom. The van der Waals surface area contributed by atoms with Crippen molar-refractivity contribution in [2.24, 2.45) is 0 Å². The highest BCUT2D eigenvalue weighted by Gasteiger charge is 2.23. The van der Waals surface area contributed by atoms with Crippen molar-refractivity contribution in [2.45, 2.75) is 156 Å². The molecule has 0 saturated heterocycles. The minimum absolute atomic E-state index is 1.25. The average Bonchev–Trinajstić information content (AvgIpc) is 3.88. The lowest BCUT2D eigenvalue weighted by Gasteiger charge is -2.10. The second-order valence-corrected chi connectivity index (χ2v) is 17.5. The largest absolute Gasteiger partial charge is 0.143 e. The van der Waals surface area contributed by atoms with Gasteiger partial charge < -0.3 is 0 Å². The Morgan fingerprint density at radius 3 is 1.17 bits per heavy atom. The zero-order valence-electron chi connectivity index (χ0n) is 29.2. The molecule has 46 heavy (non-hydrogen) atoms.